The lowest BCUT2D eigenvalue weighted by molar-refractivity contribution is -0.385. The lowest BCUT2D eigenvalue weighted by Crippen LogP contribution is -2.13. The summed E-state index contributed by atoms with van der Waals surface area (Å²) in [5.41, 5.74) is 2.53. The Morgan fingerprint density at radius 2 is 1.48 bits per heavy atom. The molecule has 0 fully saturated rings. The van der Waals surface area contributed by atoms with Gasteiger partial charge in [0.2, 0.25) is 5.91 Å². The average molecular weight is 391 g/mol. The first-order chi connectivity index (χ1) is 14.1. The van der Waals surface area contributed by atoms with E-state index in [2.05, 4.69) is 10.6 Å². The Balaban J connectivity index is 1.42. The van der Waals surface area contributed by atoms with Crippen LogP contribution in [-0.4, -0.2) is 17.4 Å². The minimum atomic E-state index is -0.488. The van der Waals surface area contributed by atoms with Gasteiger partial charge in [0.25, 0.3) is 0 Å². The lowest BCUT2D eigenvalue weighted by Gasteiger charge is -2.09. The molecule has 7 nitrogen and oxygen atoms in total. The summed E-state index contributed by atoms with van der Waals surface area (Å²) in [4.78, 5) is 22.5. The van der Waals surface area contributed by atoms with Crippen LogP contribution in [0.25, 0.3) is 0 Å². The van der Waals surface area contributed by atoms with Gasteiger partial charge in [-0.3, -0.25) is 14.9 Å². The van der Waals surface area contributed by atoms with E-state index in [0.717, 1.165) is 11.4 Å². The van der Waals surface area contributed by atoms with Crippen LogP contribution in [0, 0.1) is 10.1 Å². The fraction of sp³-hybridized carbons (Fsp3) is 0.136. The van der Waals surface area contributed by atoms with Gasteiger partial charge in [-0.15, -0.1) is 0 Å². The van der Waals surface area contributed by atoms with E-state index in [1.54, 1.807) is 18.2 Å². The topological polar surface area (TPSA) is 93.5 Å². The van der Waals surface area contributed by atoms with Crippen LogP contribution in [0.3, 0.4) is 0 Å². The van der Waals surface area contributed by atoms with E-state index in [0.29, 0.717) is 12.1 Å². The molecule has 0 aliphatic rings. The van der Waals surface area contributed by atoms with Gasteiger partial charge >= 0.3 is 5.69 Å². The van der Waals surface area contributed by atoms with Crippen LogP contribution < -0.4 is 15.4 Å². The van der Waals surface area contributed by atoms with Crippen LogP contribution in [0.2, 0.25) is 0 Å². The maximum atomic E-state index is 12.1. The van der Waals surface area contributed by atoms with Crippen molar-refractivity contribution >= 4 is 28.7 Å². The normalized spacial score (nSPS) is 10.2. The molecule has 0 unspecified atom stereocenters. The monoisotopic (exact) mass is 391 g/mol. The first-order valence-electron chi connectivity index (χ1n) is 9.20. The highest BCUT2D eigenvalue weighted by molar-refractivity contribution is 5.90. The summed E-state index contributed by atoms with van der Waals surface area (Å²) in [6, 6.07) is 23.4. The molecular formula is C22H21N3O4. The van der Waals surface area contributed by atoms with Gasteiger partial charge in [-0.05, 0) is 48.9 Å². The van der Waals surface area contributed by atoms with Crippen LogP contribution >= 0.6 is 0 Å². The Hall–Kier alpha value is -3.87. The maximum Gasteiger partial charge on any atom is 0.310 e. The number of carbonyl (C=O) groups is 1. The second-order valence-corrected chi connectivity index (χ2v) is 6.29. The fourth-order valence-electron chi connectivity index (χ4n) is 2.69. The number of carbonyl (C=O) groups excluding carboxylic acids is 1. The van der Waals surface area contributed by atoms with Crippen LogP contribution in [-0.2, 0) is 4.79 Å². The number of ether oxygens (including phenoxy) is 1. The number of para-hydroxylation sites is 3. The molecule has 7 heteroatoms. The number of hydrogen-bond acceptors (Lipinski definition) is 5. The third-order valence-corrected chi connectivity index (χ3v) is 4.10. The Morgan fingerprint density at radius 1 is 0.862 bits per heavy atom. The van der Waals surface area contributed by atoms with Gasteiger partial charge in [-0.25, -0.2) is 0 Å². The minimum Gasteiger partial charge on any atom is -0.487 e. The number of nitrogens with zero attached hydrogens (tertiary/aromatic N) is 1. The molecule has 0 saturated heterocycles. The Morgan fingerprint density at radius 3 is 2.21 bits per heavy atom. The summed E-state index contributed by atoms with van der Waals surface area (Å²) >= 11 is 0. The SMILES string of the molecule is O=C(CCCOc1ccccc1[N+](=O)[O-])Nc1ccc(Nc2ccccc2)cc1. The third-order valence-electron chi connectivity index (χ3n) is 4.10. The smallest absolute Gasteiger partial charge is 0.310 e. The van der Waals surface area contributed by atoms with Gasteiger partial charge in [0, 0.05) is 29.5 Å². The standard InChI is InChI=1S/C22H21N3O4/c26-22(11-6-16-29-21-10-5-4-9-20(21)25(27)28)24-19-14-12-18(13-15-19)23-17-7-2-1-3-8-17/h1-5,7-10,12-15,23H,6,11,16H2,(H,24,26). The van der Waals surface area contributed by atoms with Gasteiger partial charge in [0.05, 0.1) is 11.5 Å². The molecule has 0 aliphatic carbocycles. The minimum absolute atomic E-state index is 0.0823. The van der Waals surface area contributed by atoms with Crippen LogP contribution in [0.5, 0.6) is 5.75 Å². The summed E-state index contributed by atoms with van der Waals surface area (Å²) in [6.45, 7) is 0.220. The van der Waals surface area contributed by atoms with Crippen molar-refractivity contribution in [3.05, 3.63) is 89.0 Å². The van der Waals surface area contributed by atoms with Crippen molar-refractivity contribution in [3.63, 3.8) is 0 Å². The van der Waals surface area contributed by atoms with Crippen molar-refractivity contribution in [1.82, 2.24) is 0 Å². The van der Waals surface area contributed by atoms with E-state index >= 15 is 0 Å². The van der Waals surface area contributed by atoms with Crippen molar-refractivity contribution in [2.75, 3.05) is 17.2 Å². The fourth-order valence-corrected chi connectivity index (χ4v) is 2.69. The number of hydrogen-bond donors (Lipinski definition) is 2. The zero-order valence-corrected chi connectivity index (χ0v) is 15.7. The quantitative estimate of drug-likeness (QED) is 0.299. The zero-order chi connectivity index (χ0) is 20.5. The largest absolute Gasteiger partial charge is 0.487 e. The van der Waals surface area contributed by atoms with E-state index in [1.165, 1.54) is 6.07 Å². The molecule has 3 aromatic rings. The second-order valence-electron chi connectivity index (χ2n) is 6.29. The molecule has 3 rings (SSSR count). The first kappa shape index (κ1) is 19.9. The van der Waals surface area contributed by atoms with Crippen molar-refractivity contribution in [3.8, 4) is 5.75 Å². The van der Waals surface area contributed by atoms with E-state index < -0.39 is 4.92 Å². The van der Waals surface area contributed by atoms with Crippen molar-refractivity contribution in [2.24, 2.45) is 0 Å². The number of nitrogens with one attached hydrogen (secondary N) is 2. The molecule has 0 atom stereocenters. The molecule has 0 spiro atoms. The van der Waals surface area contributed by atoms with Crippen molar-refractivity contribution in [1.29, 1.82) is 0 Å². The highest BCUT2D eigenvalue weighted by Crippen LogP contribution is 2.26. The summed E-state index contributed by atoms with van der Waals surface area (Å²) in [7, 11) is 0. The maximum absolute atomic E-state index is 12.1. The molecule has 0 aliphatic heterocycles. The molecule has 1 amide bonds. The number of anilines is 3. The van der Waals surface area contributed by atoms with Gasteiger partial charge in [0.15, 0.2) is 5.75 Å². The summed E-state index contributed by atoms with van der Waals surface area (Å²) in [6.07, 6.45) is 0.705. The van der Waals surface area contributed by atoms with Crippen molar-refractivity contribution in [2.45, 2.75) is 12.8 Å². The number of rotatable bonds is 9. The summed E-state index contributed by atoms with van der Waals surface area (Å²) in [5, 5.41) is 17.1. The lowest BCUT2D eigenvalue weighted by atomic mass is 10.2. The molecular weight excluding hydrogens is 370 g/mol. The van der Waals surface area contributed by atoms with Crippen LogP contribution in [0.15, 0.2) is 78.9 Å². The van der Waals surface area contributed by atoms with E-state index in [1.807, 2.05) is 54.6 Å². The van der Waals surface area contributed by atoms with E-state index in [4.69, 9.17) is 4.74 Å². The van der Waals surface area contributed by atoms with E-state index in [-0.39, 0.29) is 30.4 Å². The number of nitro groups is 1. The third kappa shape index (κ3) is 6.07. The molecule has 0 aromatic heterocycles. The highest BCUT2D eigenvalue weighted by Gasteiger charge is 2.13. The number of nitro benzene ring substituents is 1. The molecule has 0 heterocycles. The molecule has 3 aromatic carbocycles. The Labute approximate surface area is 168 Å². The Bertz CT molecular complexity index is 959. The van der Waals surface area contributed by atoms with Crippen molar-refractivity contribution < 1.29 is 14.5 Å². The molecule has 0 bridgehead atoms. The van der Waals surface area contributed by atoms with Crippen LogP contribution in [0.1, 0.15) is 12.8 Å². The average Bonchev–Trinajstić information content (AvgIpc) is 2.73. The Kier molecular flexibility index (Phi) is 6.78. The second kappa shape index (κ2) is 9.89. The van der Waals surface area contributed by atoms with E-state index in [9.17, 15) is 14.9 Å². The predicted octanol–water partition coefficient (Wildman–Crippen LogP) is 5.14. The van der Waals surface area contributed by atoms with Gasteiger partial charge in [0.1, 0.15) is 0 Å². The van der Waals surface area contributed by atoms with Gasteiger partial charge in [-0.2, -0.15) is 0 Å². The zero-order valence-electron chi connectivity index (χ0n) is 15.7. The molecule has 2 N–H and O–H groups in total. The van der Waals surface area contributed by atoms with Crippen LogP contribution in [0.4, 0.5) is 22.7 Å². The first-order valence-corrected chi connectivity index (χ1v) is 9.20. The molecule has 29 heavy (non-hydrogen) atoms. The van der Waals surface area contributed by atoms with Gasteiger partial charge in [-0.1, -0.05) is 30.3 Å². The summed E-state index contributed by atoms with van der Waals surface area (Å²) in [5.74, 6) is 0.0688. The summed E-state index contributed by atoms with van der Waals surface area (Å²) < 4.78 is 5.44. The molecule has 148 valence electrons. The number of amides is 1. The molecule has 0 saturated carbocycles. The van der Waals surface area contributed by atoms with Gasteiger partial charge < -0.3 is 15.4 Å². The number of benzene rings is 3. The molecule has 0 radical (unpaired) electrons. The highest BCUT2D eigenvalue weighted by atomic mass is 16.6. The predicted molar refractivity (Wildman–Crippen MR) is 113 cm³/mol.